The number of carbonyl (C=O) groups is 2. The van der Waals surface area contributed by atoms with Crippen molar-refractivity contribution in [2.45, 2.75) is 50.3 Å². The fraction of sp³-hybridized carbons (Fsp3) is 0.857. The van der Waals surface area contributed by atoms with Gasteiger partial charge in [-0.15, -0.1) is 0 Å². The summed E-state index contributed by atoms with van der Waals surface area (Å²) in [6.45, 7) is 2.56. The van der Waals surface area contributed by atoms with Gasteiger partial charge in [0.05, 0.1) is 5.41 Å². The van der Waals surface area contributed by atoms with Crippen LogP contribution in [0.3, 0.4) is 0 Å². The van der Waals surface area contributed by atoms with Crippen molar-refractivity contribution in [3.05, 3.63) is 0 Å². The number of hydrogen-bond donors (Lipinski definition) is 2. The second kappa shape index (κ2) is 6.24. The molecule has 2 fully saturated rings. The number of aliphatic carboxylic acids is 1. The SMILES string of the molecule is CS[C@H]1CCCC[C@@H]1NC(=O)N1CCC(C)(C(=O)O)C1. The van der Waals surface area contributed by atoms with Gasteiger partial charge in [0.1, 0.15) is 0 Å². The molecule has 0 aromatic carbocycles. The molecule has 2 N–H and O–H groups in total. The minimum absolute atomic E-state index is 0.0964. The molecule has 3 atom stereocenters. The summed E-state index contributed by atoms with van der Waals surface area (Å²) in [5.74, 6) is -0.813. The lowest BCUT2D eigenvalue weighted by molar-refractivity contribution is -0.146. The van der Waals surface area contributed by atoms with Crippen LogP contribution in [0.2, 0.25) is 0 Å². The molecule has 1 saturated heterocycles. The fourth-order valence-corrected chi connectivity index (χ4v) is 4.04. The summed E-state index contributed by atoms with van der Waals surface area (Å²) in [5, 5.41) is 12.8. The lowest BCUT2D eigenvalue weighted by atomic mass is 9.90. The monoisotopic (exact) mass is 300 g/mol. The van der Waals surface area contributed by atoms with Gasteiger partial charge in [0.15, 0.2) is 0 Å². The molecule has 6 heteroatoms. The van der Waals surface area contributed by atoms with Crippen LogP contribution in [0.15, 0.2) is 0 Å². The highest BCUT2D eigenvalue weighted by Crippen LogP contribution is 2.31. The van der Waals surface area contributed by atoms with Crippen LogP contribution in [0, 0.1) is 5.41 Å². The Balaban J connectivity index is 1.91. The predicted octanol–water partition coefficient (Wildman–Crippen LogP) is 2.17. The van der Waals surface area contributed by atoms with Crippen molar-refractivity contribution in [2.75, 3.05) is 19.3 Å². The van der Waals surface area contributed by atoms with Crippen LogP contribution < -0.4 is 5.32 Å². The third kappa shape index (κ3) is 3.22. The van der Waals surface area contributed by atoms with Gasteiger partial charge in [0, 0.05) is 24.4 Å². The maximum absolute atomic E-state index is 12.3. The van der Waals surface area contributed by atoms with Gasteiger partial charge >= 0.3 is 12.0 Å². The molecular weight excluding hydrogens is 276 g/mol. The number of carboxylic acid groups (broad SMARTS) is 1. The molecule has 1 aliphatic heterocycles. The van der Waals surface area contributed by atoms with Crippen LogP contribution in [-0.4, -0.2) is 52.6 Å². The summed E-state index contributed by atoms with van der Waals surface area (Å²) in [6.07, 6.45) is 7.20. The second-order valence-corrected chi connectivity index (χ2v) is 7.23. The topological polar surface area (TPSA) is 69.6 Å². The predicted molar refractivity (Wildman–Crippen MR) is 80.0 cm³/mol. The van der Waals surface area contributed by atoms with E-state index in [4.69, 9.17) is 0 Å². The number of likely N-dealkylation sites (tertiary alicyclic amines) is 1. The number of hydrogen-bond acceptors (Lipinski definition) is 3. The molecule has 1 aliphatic carbocycles. The van der Waals surface area contributed by atoms with Crippen molar-refractivity contribution in [1.82, 2.24) is 10.2 Å². The number of carboxylic acids is 1. The van der Waals surface area contributed by atoms with Crippen molar-refractivity contribution in [3.8, 4) is 0 Å². The van der Waals surface area contributed by atoms with Gasteiger partial charge in [-0.25, -0.2) is 4.79 Å². The summed E-state index contributed by atoms with van der Waals surface area (Å²) in [4.78, 5) is 25.2. The zero-order valence-corrected chi connectivity index (χ0v) is 13.0. The molecule has 114 valence electrons. The molecule has 1 saturated carbocycles. The van der Waals surface area contributed by atoms with E-state index < -0.39 is 11.4 Å². The Morgan fingerprint density at radius 3 is 2.65 bits per heavy atom. The Morgan fingerprint density at radius 1 is 1.35 bits per heavy atom. The number of nitrogens with one attached hydrogen (secondary N) is 1. The lowest BCUT2D eigenvalue weighted by Crippen LogP contribution is -2.49. The second-order valence-electron chi connectivity index (χ2n) is 6.15. The smallest absolute Gasteiger partial charge is 0.317 e. The first-order valence-electron chi connectivity index (χ1n) is 7.28. The summed E-state index contributed by atoms with van der Waals surface area (Å²) in [5.41, 5.74) is -0.789. The number of carbonyl (C=O) groups excluding carboxylic acids is 1. The Morgan fingerprint density at radius 2 is 2.05 bits per heavy atom. The third-order valence-corrected chi connectivity index (χ3v) is 5.76. The minimum atomic E-state index is -0.813. The highest BCUT2D eigenvalue weighted by molar-refractivity contribution is 7.99. The number of nitrogens with zero attached hydrogens (tertiary/aromatic N) is 1. The first-order valence-corrected chi connectivity index (χ1v) is 8.57. The molecule has 0 spiro atoms. The van der Waals surface area contributed by atoms with E-state index in [1.807, 2.05) is 11.8 Å². The van der Waals surface area contributed by atoms with Gasteiger partial charge < -0.3 is 15.3 Å². The molecule has 1 unspecified atom stereocenters. The molecule has 0 bridgehead atoms. The van der Waals surface area contributed by atoms with E-state index in [-0.39, 0.29) is 12.1 Å². The maximum atomic E-state index is 12.3. The average molecular weight is 300 g/mol. The fourth-order valence-electron chi connectivity index (χ4n) is 3.10. The van der Waals surface area contributed by atoms with E-state index >= 15 is 0 Å². The van der Waals surface area contributed by atoms with E-state index in [1.165, 1.54) is 6.42 Å². The van der Waals surface area contributed by atoms with Crippen molar-refractivity contribution >= 4 is 23.8 Å². The van der Waals surface area contributed by atoms with Gasteiger partial charge in [-0.2, -0.15) is 11.8 Å². The first-order chi connectivity index (χ1) is 9.46. The van der Waals surface area contributed by atoms with Crippen molar-refractivity contribution in [2.24, 2.45) is 5.41 Å². The summed E-state index contributed by atoms with van der Waals surface area (Å²) in [6, 6.07) is 0.129. The largest absolute Gasteiger partial charge is 0.481 e. The third-order valence-electron chi connectivity index (χ3n) is 4.59. The molecule has 2 rings (SSSR count). The molecule has 2 aliphatic rings. The van der Waals surface area contributed by atoms with Gasteiger partial charge in [-0.3, -0.25) is 4.79 Å². The Hall–Kier alpha value is -0.910. The molecule has 0 aromatic heterocycles. The van der Waals surface area contributed by atoms with Gasteiger partial charge in [-0.1, -0.05) is 12.8 Å². The van der Waals surface area contributed by atoms with Gasteiger partial charge in [0.25, 0.3) is 0 Å². The molecule has 20 heavy (non-hydrogen) atoms. The van der Waals surface area contributed by atoms with Gasteiger partial charge in [-0.05, 0) is 32.4 Å². The van der Waals surface area contributed by atoms with Crippen LogP contribution in [0.5, 0.6) is 0 Å². The molecule has 0 aromatic rings. The minimum Gasteiger partial charge on any atom is -0.481 e. The normalized spacial score (nSPS) is 34.0. The highest BCUT2D eigenvalue weighted by atomic mass is 32.2. The van der Waals surface area contributed by atoms with Crippen LogP contribution in [0.1, 0.15) is 39.0 Å². The van der Waals surface area contributed by atoms with Crippen LogP contribution >= 0.6 is 11.8 Å². The van der Waals surface area contributed by atoms with E-state index in [0.717, 1.165) is 19.3 Å². The van der Waals surface area contributed by atoms with Crippen LogP contribution in [-0.2, 0) is 4.79 Å². The van der Waals surface area contributed by atoms with Gasteiger partial charge in [0.2, 0.25) is 0 Å². The zero-order valence-electron chi connectivity index (χ0n) is 12.2. The summed E-state index contributed by atoms with van der Waals surface area (Å²) < 4.78 is 0. The zero-order chi connectivity index (χ0) is 14.8. The Kier molecular flexibility index (Phi) is 4.83. The first kappa shape index (κ1) is 15.5. The molecular formula is C14H24N2O3S. The van der Waals surface area contributed by atoms with Crippen molar-refractivity contribution < 1.29 is 14.7 Å². The quantitative estimate of drug-likeness (QED) is 0.838. The van der Waals surface area contributed by atoms with Crippen LogP contribution in [0.4, 0.5) is 4.79 Å². The van der Waals surface area contributed by atoms with Crippen molar-refractivity contribution in [3.63, 3.8) is 0 Å². The Labute approximate surface area is 124 Å². The molecule has 1 heterocycles. The number of urea groups is 1. The summed E-state index contributed by atoms with van der Waals surface area (Å²) >= 11 is 1.82. The van der Waals surface area contributed by atoms with E-state index in [9.17, 15) is 14.7 Å². The van der Waals surface area contributed by atoms with E-state index in [0.29, 0.717) is 24.8 Å². The molecule has 5 nitrogen and oxygen atoms in total. The van der Waals surface area contributed by atoms with Crippen molar-refractivity contribution in [1.29, 1.82) is 0 Å². The number of amides is 2. The standard InChI is InChI=1S/C14H24N2O3S/c1-14(12(17)18)7-8-16(9-14)13(19)15-10-5-3-4-6-11(10)20-2/h10-11H,3-9H2,1-2H3,(H,15,19)(H,17,18)/t10-,11-,14?/m0/s1. The Bertz CT molecular complexity index is 391. The van der Waals surface area contributed by atoms with E-state index in [2.05, 4.69) is 11.6 Å². The average Bonchev–Trinajstić information content (AvgIpc) is 2.83. The molecule has 2 amide bonds. The number of rotatable bonds is 3. The maximum Gasteiger partial charge on any atom is 0.317 e. The number of thioether (sulfide) groups is 1. The molecule has 0 radical (unpaired) electrons. The summed E-state index contributed by atoms with van der Waals surface area (Å²) in [7, 11) is 0. The van der Waals surface area contributed by atoms with E-state index in [1.54, 1.807) is 11.8 Å². The highest BCUT2D eigenvalue weighted by Gasteiger charge is 2.42. The lowest BCUT2D eigenvalue weighted by Gasteiger charge is -2.32. The van der Waals surface area contributed by atoms with Crippen LogP contribution in [0.25, 0.3) is 0 Å².